The Morgan fingerprint density at radius 3 is 2.75 bits per heavy atom. The lowest BCUT2D eigenvalue weighted by molar-refractivity contribution is -0.117. The number of nitriles is 1. The van der Waals surface area contributed by atoms with E-state index in [2.05, 4.69) is 10.3 Å². The van der Waals surface area contributed by atoms with Gasteiger partial charge in [0, 0.05) is 26.0 Å². The first-order chi connectivity index (χ1) is 15.5. The average molecular weight is 432 g/mol. The molecule has 0 unspecified atom stereocenters. The fraction of sp³-hybridized carbons (Fsp3) is 0.250. The van der Waals surface area contributed by atoms with Crippen molar-refractivity contribution in [2.24, 2.45) is 0 Å². The van der Waals surface area contributed by atoms with E-state index in [0.717, 1.165) is 5.56 Å². The summed E-state index contributed by atoms with van der Waals surface area (Å²) in [5.74, 6) is -0.0823. The molecule has 0 aliphatic heterocycles. The SMILES string of the molecule is CCOCCCNC(=O)C(C#N)=Cc1c(Oc2ccc(C)cc2)nc2ccccn2c1=O. The highest BCUT2D eigenvalue weighted by Gasteiger charge is 2.17. The highest BCUT2D eigenvalue weighted by Crippen LogP contribution is 2.24. The molecule has 0 bridgehead atoms. The molecule has 0 saturated heterocycles. The van der Waals surface area contributed by atoms with Gasteiger partial charge in [-0.3, -0.25) is 14.0 Å². The Labute approximate surface area is 185 Å². The molecule has 2 aromatic heterocycles. The number of nitrogens with zero attached hydrogens (tertiary/aromatic N) is 3. The van der Waals surface area contributed by atoms with E-state index in [1.54, 1.807) is 36.5 Å². The van der Waals surface area contributed by atoms with E-state index >= 15 is 0 Å². The van der Waals surface area contributed by atoms with E-state index in [4.69, 9.17) is 9.47 Å². The van der Waals surface area contributed by atoms with Crippen LogP contribution in [0.5, 0.6) is 11.6 Å². The molecular weight excluding hydrogens is 408 g/mol. The molecule has 8 heteroatoms. The van der Waals surface area contributed by atoms with Crippen molar-refractivity contribution >= 4 is 17.6 Å². The first-order valence-corrected chi connectivity index (χ1v) is 10.3. The van der Waals surface area contributed by atoms with E-state index in [9.17, 15) is 14.9 Å². The van der Waals surface area contributed by atoms with Crippen molar-refractivity contribution in [3.8, 4) is 17.7 Å². The number of hydrogen-bond acceptors (Lipinski definition) is 6. The van der Waals surface area contributed by atoms with Gasteiger partial charge in [0.2, 0.25) is 5.88 Å². The van der Waals surface area contributed by atoms with Crippen LogP contribution in [-0.2, 0) is 9.53 Å². The lowest BCUT2D eigenvalue weighted by Gasteiger charge is -2.10. The maximum Gasteiger partial charge on any atom is 0.269 e. The number of aryl methyl sites for hydroxylation is 1. The van der Waals surface area contributed by atoms with E-state index in [-0.39, 0.29) is 17.0 Å². The van der Waals surface area contributed by atoms with Crippen molar-refractivity contribution in [3.05, 3.63) is 75.7 Å². The second-order valence-corrected chi connectivity index (χ2v) is 6.96. The number of rotatable bonds is 9. The topological polar surface area (TPSA) is 106 Å². The zero-order valence-corrected chi connectivity index (χ0v) is 18.0. The number of carbonyl (C=O) groups excluding carboxylic acids is 1. The van der Waals surface area contributed by atoms with Gasteiger partial charge < -0.3 is 14.8 Å². The minimum Gasteiger partial charge on any atom is -0.438 e. The van der Waals surface area contributed by atoms with Gasteiger partial charge in [-0.25, -0.2) is 0 Å². The zero-order chi connectivity index (χ0) is 22.9. The molecule has 0 fully saturated rings. The molecule has 0 aliphatic rings. The summed E-state index contributed by atoms with van der Waals surface area (Å²) in [7, 11) is 0. The lowest BCUT2D eigenvalue weighted by Crippen LogP contribution is -2.27. The summed E-state index contributed by atoms with van der Waals surface area (Å²) >= 11 is 0. The molecule has 0 spiro atoms. The Bertz CT molecular complexity index is 1220. The Kier molecular flexibility index (Phi) is 7.73. The molecule has 3 rings (SSSR count). The van der Waals surface area contributed by atoms with Crippen LogP contribution in [0.25, 0.3) is 11.7 Å². The summed E-state index contributed by atoms with van der Waals surface area (Å²) in [6.07, 6.45) is 3.40. The van der Waals surface area contributed by atoms with Crippen molar-refractivity contribution in [3.63, 3.8) is 0 Å². The second kappa shape index (κ2) is 10.9. The number of amides is 1. The van der Waals surface area contributed by atoms with E-state index in [0.29, 0.717) is 37.6 Å². The van der Waals surface area contributed by atoms with Gasteiger partial charge in [0.15, 0.2) is 0 Å². The molecular formula is C24H24N4O4. The molecule has 32 heavy (non-hydrogen) atoms. The smallest absolute Gasteiger partial charge is 0.269 e. The number of ether oxygens (including phenoxy) is 2. The van der Waals surface area contributed by atoms with Gasteiger partial charge in [-0.1, -0.05) is 23.8 Å². The largest absolute Gasteiger partial charge is 0.438 e. The number of benzene rings is 1. The number of aromatic nitrogens is 2. The molecule has 0 radical (unpaired) electrons. The van der Waals surface area contributed by atoms with Crippen LogP contribution in [0, 0.1) is 18.3 Å². The van der Waals surface area contributed by atoms with Gasteiger partial charge in [0.1, 0.15) is 28.6 Å². The highest BCUT2D eigenvalue weighted by molar-refractivity contribution is 6.01. The maximum absolute atomic E-state index is 13.1. The fourth-order valence-corrected chi connectivity index (χ4v) is 2.91. The summed E-state index contributed by atoms with van der Waals surface area (Å²) in [6.45, 7) is 5.29. The second-order valence-electron chi connectivity index (χ2n) is 6.96. The van der Waals surface area contributed by atoms with Gasteiger partial charge >= 0.3 is 0 Å². The first kappa shape index (κ1) is 22.7. The monoisotopic (exact) mass is 432 g/mol. The number of hydrogen-bond donors (Lipinski definition) is 1. The normalized spacial score (nSPS) is 11.2. The van der Waals surface area contributed by atoms with Crippen LogP contribution in [0.15, 0.2) is 59.0 Å². The Balaban J connectivity index is 1.98. The third-order valence-electron chi connectivity index (χ3n) is 4.58. The standard InChI is InChI=1S/C24H24N4O4/c1-3-31-14-6-12-26-22(29)18(16-25)15-20-23(32-19-10-8-17(2)9-11-19)27-21-7-4-5-13-28(21)24(20)30/h4-5,7-11,13,15H,3,6,12,14H2,1-2H3,(H,26,29). The minimum absolute atomic E-state index is 0.00953. The number of carbonyl (C=O) groups is 1. The number of nitrogens with one attached hydrogen (secondary N) is 1. The van der Waals surface area contributed by atoms with Crippen molar-refractivity contribution in [1.82, 2.24) is 14.7 Å². The van der Waals surface area contributed by atoms with Crippen molar-refractivity contribution in [1.29, 1.82) is 5.26 Å². The van der Waals surface area contributed by atoms with Gasteiger partial charge in [0.25, 0.3) is 11.5 Å². The van der Waals surface area contributed by atoms with E-state index in [1.807, 2.05) is 32.0 Å². The zero-order valence-electron chi connectivity index (χ0n) is 18.0. The van der Waals surface area contributed by atoms with Crippen LogP contribution >= 0.6 is 0 Å². The number of pyridine rings is 1. The molecule has 1 amide bonds. The molecule has 164 valence electrons. The van der Waals surface area contributed by atoms with Gasteiger partial charge in [-0.2, -0.15) is 10.2 Å². The third kappa shape index (κ3) is 5.59. The van der Waals surface area contributed by atoms with Crippen LogP contribution in [0.1, 0.15) is 24.5 Å². The first-order valence-electron chi connectivity index (χ1n) is 10.3. The maximum atomic E-state index is 13.1. The molecule has 0 aliphatic carbocycles. The summed E-state index contributed by atoms with van der Waals surface area (Å²) < 4.78 is 12.4. The van der Waals surface area contributed by atoms with Gasteiger partial charge in [-0.15, -0.1) is 0 Å². The van der Waals surface area contributed by atoms with Crippen LogP contribution < -0.4 is 15.6 Å². The van der Waals surface area contributed by atoms with Gasteiger partial charge in [0.05, 0.1) is 0 Å². The predicted octanol–water partition coefficient (Wildman–Crippen LogP) is 3.25. The summed E-state index contributed by atoms with van der Waals surface area (Å²) in [5.41, 5.74) is 0.780. The fourth-order valence-electron chi connectivity index (χ4n) is 2.91. The quantitative estimate of drug-likeness (QED) is 0.316. The summed E-state index contributed by atoms with van der Waals surface area (Å²) in [5, 5.41) is 12.2. The molecule has 1 aromatic carbocycles. The summed E-state index contributed by atoms with van der Waals surface area (Å²) in [4.78, 5) is 30.1. The van der Waals surface area contributed by atoms with Gasteiger partial charge in [-0.05, 0) is 50.6 Å². The van der Waals surface area contributed by atoms with E-state index < -0.39 is 11.5 Å². The van der Waals surface area contributed by atoms with Crippen molar-refractivity contribution in [2.45, 2.75) is 20.3 Å². The van der Waals surface area contributed by atoms with Crippen LogP contribution in [0.2, 0.25) is 0 Å². The molecule has 2 heterocycles. The van der Waals surface area contributed by atoms with Crippen LogP contribution in [0.3, 0.4) is 0 Å². The van der Waals surface area contributed by atoms with Crippen molar-refractivity contribution in [2.75, 3.05) is 19.8 Å². The molecule has 0 atom stereocenters. The van der Waals surface area contributed by atoms with E-state index in [1.165, 1.54) is 10.5 Å². The lowest BCUT2D eigenvalue weighted by atomic mass is 10.1. The Hall–Kier alpha value is -3.96. The number of fused-ring (bicyclic) bond motifs is 1. The molecule has 3 aromatic rings. The minimum atomic E-state index is -0.581. The Morgan fingerprint density at radius 2 is 2.03 bits per heavy atom. The molecule has 1 N–H and O–H groups in total. The molecule has 8 nitrogen and oxygen atoms in total. The third-order valence-corrected chi connectivity index (χ3v) is 4.58. The average Bonchev–Trinajstić information content (AvgIpc) is 2.80. The highest BCUT2D eigenvalue weighted by atomic mass is 16.5. The van der Waals surface area contributed by atoms with Crippen LogP contribution in [-0.4, -0.2) is 35.1 Å². The molecule has 0 saturated carbocycles. The predicted molar refractivity (Wildman–Crippen MR) is 120 cm³/mol. The Morgan fingerprint density at radius 1 is 1.25 bits per heavy atom. The van der Waals surface area contributed by atoms with Crippen LogP contribution in [0.4, 0.5) is 0 Å². The van der Waals surface area contributed by atoms with Crippen molar-refractivity contribution < 1.29 is 14.3 Å². The summed E-state index contributed by atoms with van der Waals surface area (Å²) in [6, 6.07) is 14.2.